The van der Waals surface area contributed by atoms with Crippen molar-refractivity contribution >= 4 is 52.5 Å². The smallest absolute Gasteiger partial charge is 0.328 e. The third-order valence-corrected chi connectivity index (χ3v) is 6.57. The lowest BCUT2D eigenvalue weighted by Gasteiger charge is -2.32. The lowest BCUT2D eigenvalue weighted by atomic mass is 9.94. The van der Waals surface area contributed by atoms with E-state index in [4.69, 9.17) is 33.4 Å². The molecule has 0 aliphatic heterocycles. The Bertz CT molecular complexity index is 1150. The summed E-state index contributed by atoms with van der Waals surface area (Å²) in [5, 5.41) is 16.4. The van der Waals surface area contributed by atoms with Gasteiger partial charge in [-0.25, -0.2) is 9.59 Å². The van der Waals surface area contributed by atoms with Crippen molar-refractivity contribution in [1.29, 1.82) is 0 Å². The number of hydrogen-bond acceptors (Lipinski definition) is 5. The molecule has 10 heteroatoms. The fourth-order valence-corrected chi connectivity index (χ4v) is 4.41. The molecule has 0 heterocycles. The van der Waals surface area contributed by atoms with E-state index >= 15 is 0 Å². The number of benzene rings is 2. The highest BCUT2D eigenvalue weighted by Crippen LogP contribution is 2.29. The van der Waals surface area contributed by atoms with E-state index < -0.39 is 11.9 Å². The third-order valence-electron chi connectivity index (χ3n) is 6.01. The number of carboxylic acids is 2. The summed E-state index contributed by atoms with van der Waals surface area (Å²) in [5.41, 5.74) is 1.28. The first-order valence-corrected chi connectivity index (χ1v) is 12.5. The Morgan fingerprint density at radius 3 is 2.05 bits per heavy atom. The van der Waals surface area contributed by atoms with Crippen LogP contribution in [-0.4, -0.2) is 65.4 Å². The molecule has 37 heavy (non-hydrogen) atoms. The lowest BCUT2D eigenvalue weighted by Crippen LogP contribution is -2.42. The second-order valence-electron chi connectivity index (χ2n) is 8.64. The SMILES string of the molecule is CN(C(=O)CN(C)C1CCCCC1)c1ccc(Cl)cc1C(=O)c1ccccc1Cl.O=C(O)/C=C\C(=O)O. The number of nitrogens with zero attached hydrogens (tertiary/aromatic N) is 2. The summed E-state index contributed by atoms with van der Waals surface area (Å²) in [7, 11) is 3.70. The Hall–Kier alpha value is -3.20. The van der Waals surface area contributed by atoms with Crippen LogP contribution in [0.4, 0.5) is 5.69 Å². The number of carbonyl (C=O) groups excluding carboxylic acids is 2. The molecule has 0 spiro atoms. The maximum atomic E-state index is 13.1. The topological polar surface area (TPSA) is 115 Å². The molecule has 0 saturated heterocycles. The van der Waals surface area contributed by atoms with E-state index in [9.17, 15) is 19.2 Å². The summed E-state index contributed by atoms with van der Waals surface area (Å²) >= 11 is 12.4. The third kappa shape index (κ3) is 9.31. The van der Waals surface area contributed by atoms with Crippen LogP contribution in [0.2, 0.25) is 10.0 Å². The molecule has 0 atom stereocenters. The van der Waals surface area contributed by atoms with Crippen LogP contribution in [0.1, 0.15) is 48.0 Å². The van der Waals surface area contributed by atoms with Gasteiger partial charge in [0.15, 0.2) is 5.78 Å². The minimum absolute atomic E-state index is 0.0615. The number of aliphatic carboxylic acids is 2. The number of ketones is 1. The van der Waals surface area contributed by atoms with Crippen molar-refractivity contribution in [2.24, 2.45) is 0 Å². The number of rotatable bonds is 8. The van der Waals surface area contributed by atoms with E-state index in [2.05, 4.69) is 4.90 Å². The van der Waals surface area contributed by atoms with Crippen LogP contribution in [0.25, 0.3) is 0 Å². The van der Waals surface area contributed by atoms with Crippen LogP contribution < -0.4 is 4.90 Å². The first-order chi connectivity index (χ1) is 17.5. The summed E-state index contributed by atoms with van der Waals surface area (Å²) in [6.07, 6.45) is 7.08. The Kier molecular flexibility index (Phi) is 11.8. The summed E-state index contributed by atoms with van der Waals surface area (Å²) < 4.78 is 0. The molecule has 0 aromatic heterocycles. The van der Waals surface area contributed by atoms with Crippen molar-refractivity contribution in [3.8, 4) is 0 Å². The second-order valence-corrected chi connectivity index (χ2v) is 9.48. The van der Waals surface area contributed by atoms with E-state index in [1.165, 1.54) is 19.3 Å². The number of amides is 1. The van der Waals surface area contributed by atoms with E-state index in [0.717, 1.165) is 12.8 Å². The fourth-order valence-electron chi connectivity index (χ4n) is 4.02. The predicted octanol–water partition coefficient (Wildman–Crippen LogP) is 5.16. The highest BCUT2D eigenvalue weighted by atomic mass is 35.5. The van der Waals surface area contributed by atoms with E-state index in [0.29, 0.717) is 51.6 Å². The summed E-state index contributed by atoms with van der Waals surface area (Å²) in [6, 6.07) is 12.3. The molecular weight excluding hydrogens is 519 g/mol. The average molecular weight is 549 g/mol. The molecule has 1 saturated carbocycles. The Morgan fingerprint density at radius 2 is 1.49 bits per heavy atom. The van der Waals surface area contributed by atoms with Crippen LogP contribution >= 0.6 is 23.2 Å². The average Bonchev–Trinajstić information content (AvgIpc) is 2.87. The molecule has 2 aromatic rings. The largest absolute Gasteiger partial charge is 0.478 e. The second kappa shape index (κ2) is 14.5. The highest BCUT2D eigenvalue weighted by Gasteiger charge is 2.25. The lowest BCUT2D eigenvalue weighted by molar-refractivity contribution is -0.134. The molecule has 0 radical (unpaired) electrons. The molecular formula is C27H30Cl2N2O6. The number of carboxylic acid groups (broad SMARTS) is 2. The van der Waals surface area contributed by atoms with Gasteiger partial charge in [0.1, 0.15) is 0 Å². The molecule has 1 aliphatic carbocycles. The van der Waals surface area contributed by atoms with Crippen molar-refractivity contribution < 1.29 is 29.4 Å². The highest BCUT2D eigenvalue weighted by molar-refractivity contribution is 6.36. The zero-order valence-corrected chi connectivity index (χ0v) is 22.2. The number of hydrogen-bond donors (Lipinski definition) is 2. The molecule has 8 nitrogen and oxygen atoms in total. The molecule has 1 fully saturated rings. The minimum atomic E-state index is -1.26. The monoisotopic (exact) mass is 548 g/mol. The molecule has 198 valence electrons. The first kappa shape index (κ1) is 30.0. The Morgan fingerprint density at radius 1 is 0.892 bits per heavy atom. The van der Waals surface area contributed by atoms with Gasteiger partial charge in [-0.3, -0.25) is 14.5 Å². The van der Waals surface area contributed by atoms with Crippen molar-refractivity contribution in [1.82, 2.24) is 4.90 Å². The summed E-state index contributed by atoms with van der Waals surface area (Å²) in [5.74, 6) is -2.83. The van der Waals surface area contributed by atoms with Gasteiger partial charge in [0.05, 0.1) is 17.3 Å². The molecule has 2 N–H and O–H groups in total. The van der Waals surface area contributed by atoms with Gasteiger partial charge in [0.2, 0.25) is 5.91 Å². The van der Waals surface area contributed by atoms with Crippen LogP contribution in [0, 0.1) is 0 Å². The molecule has 3 rings (SSSR count). The van der Waals surface area contributed by atoms with Crippen LogP contribution in [0.5, 0.6) is 0 Å². The normalized spacial score (nSPS) is 13.6. The molecule has 0 unspecified atom stereocenters. The van der Waals surface area contributed by atoms with Crippen LogP contribution in [-0.2, 0) is 14.4 Å². The van der Waals surface area contributed by atoms with E-state index in [-0.39, 0.29) is 11.7 Å². The maximum Gasteiger partial charge on any atom is 0.328 e. The summed E-state index contributed by atoms with van der Waals surface area (Å²) in [4.78, 5) is 48.9. The van der Waals surface area contributed by atoms with Gasteiger partial charge in [-0.2, -0.15) is 0 Å². The van der Waals surface area contributed by atoms with Crippen molar-refractivity contribution in [2.75, 3.05) is 25.5 Å². The quantitative estimate of drug-likeness (QED) is 0.345. The predicted molar refractivity (Wildman–Crippen MR) is 144 cm³/mol. The van der Waals surface area contributed by atoms with Gasteiger partial charge in [0, 0.05) is 41.4 Å². The van der Waals surface area contributed by atoms with Crippen molar-refractivity contribution in [2.45, 2.75) is 38.1 Å². The van der Waals surface area contributed by atoms with Crippen molar-refractivity contribution in [3.63, 3.8) is 0 Å². The zero-order chi connectivity index (χ0) is 27.5. The minimum Gasteiger partial charge on any atom is -0.478 e. The summed E-state index contributed by atoms with van der Waals surface area (Å²) in [6.45, 7) is 0.309. The first-order valence-electron chi connectivity index (χ1n) is 11.7. The van der Waals surface area contributed by atoms with Crippen molar-refractivity contribution in [3.05, 3.63) is 75.8 Å². The number of carbonyl (C=O) groups is 4. The van der Waals surface area contributed by atoms with Gasteiger partial charge in [-0.15, -0.1) is 0 Å². The fraction of sp³-hybridized carbons (Fsp3) is 0.333. The number of halogens is 2. The molecule has 0 bridgehead atoms. The van der Waals surface area contributed by atoms with Gasteiger partial charge < -0.3 is 15.1 Å². The Balaban J connectivity index is 0.000000521. The number of anilines is 1. The number of likely N-dealkylation sites (N-methyl/N-ethyl adjacent to an activating group) is 2. The van der Waals surface area contributed by atoms with Gasteiger partial charge >= 0.3 is 11.9 Å². The molecule has 1 amide bonds. The molecule has 2 aromatic carbocycles. The zero-order valence-electron chi connectivity index (χ0n) is 20.7. The van der Waals surface area contributed by atoms with Crippen LogP contribution in [0.15, 0.2) is 54.6 Å². The van der Waals surface area contributed by atoms with Gasteiger partial charge in [-0.05, 0) is 50.2 Å². The standard InChI is InChI=1S/C23H26Cl2N2O2.C4H4O4/c1-26(17-8-4-3-5-9-17)15-22(28)27(2)21-13-12-16(24)14-19(21)23(29)18-10-6-7-11-20(18)25;5-3(6)1-2-4(7)8/h6-7,10-14,17H,3-5,8-9,15H2,1-2H3;1-2H,(H,5,6)(H,7,8)/b;2-1-. The van der Waals surface area contributed by atoms with E-state index in [1.54, 1.807) is 54.4 Å². The maximum absolute atomic E-state index is 13.1. The van der Waals surface area contributed by atoms with E-state index in [1.807, 2.05) is 7.05 Å². The molecule has 1 aliphatic rings. The van der Waals surface area contributed by atoms with Gasteiger partial charge in [-0.1, -0.05) is 54.6 Å². The Labute approximate surface area is 226 Å². The van der Waals surface area contributed by atoms with Gasteiger partial charge in [0.25, 0.3) is 0 Å². The van der Waals surface area contributed by atoms with Crippen LogP contribution in [0.3, 0.4) is 0 Å².